The molecule has 0 atom stereocenters. The molecule has 1 aliphatic rings. The normalized spacial score (nSPS) is 13.9. The molecule has 2 heterocycles. The van der Waals surface area contributed by atoms with Gasteiger partial charge in [0.1, 0.15) is 5.82 Å². The third-order valence-corrected chi connectivity index (χ3v) is 4.86. The maximum absolute atomic E-state index is 6.10. The summed E-state index contributed by atoms with van der Waals surface area (Å²) in [6, 6.07) is 8.05. The van der Waals surface area contributed by atoms with Gasteiger partial charge in [0.15, 0.2) is 11.8 Å². The number of aliphatic imine (C=N–C) groups is 1. The van der Waals surface area contributed by atoms with Crippen molar-refractivity contribution in [2.24, 2.45) is 10.4 Å². The fourth-order valence-corrected chi connectivity index (χ4v) is 3.52. The molecule has 1 aromatic carbocycles. The quantitative estimate of drug-likeness (QED) is 0.361. The van der Waals surface area contributed by atoms with Gasteiger partial charge in [0.25, 0.3) is 0 Å². The number of aromatic nitrogens is 3. The van der Waals surface area contributed by atoms with Crippen LogP contribution in [0.4, 0.5) is 0 Å². The zero-order valence-electron chi connectivity index (χ0n) is 16.1. The van der Waals surface area contributed by atoms with Gasteiger partial charge in [0.2, 0.25) is 0 Å². The number of guanidine groups is 1. The van der Waals surface area contributed by atoms with Crippen LogP contribution in [0.25, 0.3) is 0 Å². The van der Waals surface area contributed by atoms with Gasteiger partial charge in [-0.2, -0.15) is 0 Å². The Morgan fingerprint density at radius 3 is 2.85 bits per heavy atom. The molecule has 0 bridgehead atoms. The summed E-state index contributed by atoms with van der Waals surface area (Å²) in [5, 5.41) is 16.1. The van der Waals surface area contributed by atoms with Crippen molar-refractivity contribution in [1.82, 2.24) is 25.4 Å². The Labute approximate surface area is 183 Å². The molecule has 1 aliphatic heterocycles. The number of hydrogen-bond donors (Lipinski definition) is 2. The molecule has 0 amide bonds. The highest BCUT2D eigenvalue weighted by Crippen LogP contribution is 2.22. The lowest BCUT2D eigenvalue weighted by atomic mass is 9.86. The molecule has 0 spiro atoms. The van der Waals surface area contributed by atoms with Crippen molar-refractivity contribution in [1.29, 1.82) is 0 Å². The number of benzene rings is 1. The Balaban J connectivity index is 0.00000261. The summed E-state index contributed by atoms with van der Waals surface area (Å²) in [5.74, 6) is 2.84. The minimum atomic E-state index is 0. The van der Waals surface area contributed by atoms with Gasteiger partial charge in [-0.05, 0) is 36.0 Å². The van der Waals surface area contributed by atoms with Gasteiger partial charge in [-0.25, -0.2) is 0 Å². The maximum Gasteiger partial charge on any atom is 0.191 e. The van der Waals surface area contributed by atoms with Crippen LogP contribution in [0.15, 0.2) is 29.3 Å². The van der Waals surface area contributed by atoms with E-state index in [1.54, 1.807) is 7.05 Å². The van der Waals surface area contributed by atoms with E-state index in [2.05, 4.69) is 50.3 Å². The zero-order chi connectivity index (χ0) is 18.6. The van der Waals surface area contributed by atoms with E-state index in [1.807, 2.05) is 18.2 Å². The molecular weight excluding hydrogens is 475 g/mol. The number of nitrogens with one attached hydrogen (secondary N) is 2. The molecule has 0 radical (unpaired) electrons. The van der Waals surface area contributed by atoms with Crippen molar-refractivity contribution in [2.45, 2.75) is 46.2 Å². The van der Waals surface area contributed by atoms with Crippen LogP contribution in [-0.4, -0.2) is 34.3 Å². The molecule has 2 aromatic rings. The first kappa shape index (κ1) is 21.9. The summed E-state index contributed by atoms with van der Waals surface area (Å²) in [6.07, 6.45) is 3.12. The van der Waals surface area contributed by atoms with Crippen LogP contribution in [-0.2, 0) is 25.9 Å². The van der Waals surface area contributed by atoms with Crippen molar-refractivity contribution < 1.29 is 0 Å². The van der Waals surface area contributed by atoms with Crippen molar-refractivity contribution in [2.75, 3.05) is 13.6 Å². The van der Waals surface area contributed by atoms with Gasteiger partial charge < -0.3 is 15.2 Å². The van der Waals surface area contributed by atoms with Gasteiger partial charge in [-0.3, -0.25) is 4.99 Å². The fraction of sp³-hybridized carbons (Fsp3) is 0.526. The molecule has 8 heteroatoms. The minimum Gasteiger partial charge on any atom is -0.356 e. The van der Waals surface area contributed by atoms with E-state index in [4.69, 9.17) is 11.6 Å². The molecule has 148 valence electrons. The van der Waals surface area contributed by atoms with E-state index in [0.717, 1.165) is 55.0 Å². The van der Waals surface area contributed by atoms with E-state index >= 15 is 0 Å². The third-order valence-electron chi connectivity index (χ3n) is 4.63. The zero-order valence-corrected chi connectivity index (χ0v) is 19.2. The van der Waals surface area contributed by atoms with Crippen molar-refractivity contribution in [3.8, 4) is 0 Å². The van der Waals surface area contributed by atoms with E-state index in [0.29, 0.717) is 6.54 Å². The Kier molecular flexibility index (Phi) is 7.91. The lowest BCUT2D eigenvalue weighted by Gasteiger charge is -2.26. The van der Waals surface area contributed by atoms with E-state index in [-0.39, 0.29) is 29.4 Å². The summed E-state index contributed by atoms with van der Waals surface area (Å²) >= 11 is 6.10. The molecule has 0 saturated carbocycles. The third kappa shape index (κ3) is 6.07. The predicted molar refractivity (Wildman–Crippen MR) is 121 cm³/mol. The van der Waals surface area contributed by atoms with Gasteiger partial charge in [-0.1, -0.05) is 37.6 Å². The molecule has 0 saturated heterocycles. The predicted octanol–water partition coefficient (Wildman–Crippen LogP) is 3.43. The van der Waals surface area contributed by atoms with Crippen molar-refractivity contribution in [3.63, 3.8) is 0 Å². The van der Waals surface area contributed by atoms with Crippen LogP contribution >= 0.6 is 35.6 Å². The molecule has 0 unspecified atom stereocenters. The summed E-state index contributed by atoms with van der Waals surface area (Å²) < 4.78 is 2.20. The van der Waals surface area contributed by atoms with E-state index < -0.39 is 0 Å². The maximum atomic E-state index is 6.10. The van der Waals surface area contributed by atoms with Crippen LogP contribution < -0.4 is 10.6 Å². The smallest absolute Gasteiger partial charge is 0.191 e. The molecule has 3 rings (SSSR count). The Hall–Kier alpha value is -1.35. The van der Waals surface area contributed by atoms with Crippen molar-refractivity contribution >= 4 is 41.5 Å². The lowest BCUT2D eigenvalue weighted by molar-refractivity contribution is 0.359. The number of fused-ring (bicyclic) bond motifs is 1. The van der Waals surface area contributed by atoms with Crippen LogP contribution in [0.2, 0.25) is 5.02 Å². The topological polar surface area (TPSA) is 67.1 Å². The Bertz CT molecular complexity index is 786. The first-order valence-corrected chi connectivity index (χ1v) is 9.44. The molecule has 2 N–H and O–H groups in total. The van der Waals surface area contributed by atoms with Gasteiger partial charge in [-0.15, -0.1) is 34.2 Å². The summed E-state index contributed by atoms with van der Waals surface area (Å²) in [5.41, 5.74) is 1.31. The number of aryl methyl sites for hydroxylation is 1. The number of rotatable bonds is 6. The van der Waals surface area contributed by atoms with Gasteiger partial charge in [0.05, 0.1) is 6.54 Å². The van der Waals surface area contributed by atoms with Crippen LogP contribution in [0.1, 0.15) is 37.5 Å². The van der Waals surface area contributed by atoms with E-state index in [1.165, 1.54) is 5.56 Å². The Morgan fingerprint density at radius 2 is 2.11 bits per heavy atom. The summed E-state index contributed by atoms with van der Waals surface area (Å²) in [4.78, 5) is 4.32. The second-order valence-electron chi connectivity index (χ2n) is 7.54. The van der Waals surface area contributed by atoms with Crippen molar-refractivity contribution in [3.05, 3.63) is 46.5 Å². The lowest BCUT2D eigenvalue weighted by Crippen LogP contribution is -2.42. The number of halogens is 2. The molecule has 0 aliphatic carbocycles. The molecule has 0 fully saturated rings. The number of nitrogens with zero attached hydrogens (tertiary/aromatic N) is 4. The SMILES string of the molecule is CN=C(NCc1nnc2n1CCC2)NCC(C)(C)Cc1cccc(Cl)c1.I. The van der Waals surface area contributed by atoms with E-state index in [9.17, 15) is 0 Å². The van der Waals surface area contributed by atoms with Crippen LogP contribution in [0.5, 0.6) is 0 Å². The first-order chi connectivity index (χ1) is 12.5. The summed E-state index contributed by atoms with van der Waals surface area (Å²) in [6.45, 7) is 6.91. The standard InChI is InChI=1S/C19H27ClN6.HI/c1-19(2,11-14-6-4-7-15(20)10-14)13-23-18(21-3)22-12-17-25-24-16-8-5-9-26(16)17;/h4,6-7,10H,5,8-9,11-13H2,1-3H3,(H2,21,22,23);1H. The molecule has 1 aromatic heterocycles. The summed E-state index contributed by atoms with van der Waals surface area (Å²) in [7, 11) is 1.79. The molecule has 6 nitrogen and oxygen atoms in total. The Morgan fingerprint density at radius 1 is 1.30 bits per heavy atom. The van der Waals surface area contributed by atoms with Gasteiger partial charge in [0, 0.05) is 31.6 Å². The minimum absolute atomic E-state index is 0. The second kappa shape index (κ2) is 9.73. The molecular formula is C19H28ClIN6. The van der Waals surface area contributed by atoms with Crippen LogP contribution in [0.3, 0.4) is 0 Å². The monoisotopic (exact) mass is 502 g/mol. The highest BCUT2D eigenvalue weighted by Gasteiger charge is 2.20. The highest BCUT2D eigenvalue weighted by atomic mass is 127. The van der Waals surface area contributed by atoms with Gasteiger partial charge >= 0.3 is 0 Å². The van der Waals surface area contributed by atoms with Crippen LogP contribution in [0, 0.1) is 5.41 Å². The number of hydrogen-bond acceptors (Lipinski definition) is 3. The highest BCUT2D eigenvalue weighted by molar-refractivity contribution is 14.0. The fourth-order valence-electron chi connectivity index (χ4n) is 3.31. The average Bonchev–Trinajstić information content (AvgIpc) is 3.19. The molecule has 27 heavy (non-hydrogen) atoms. The second-order valence-corrected chi connectivity index (χ2v) is 7.97. The first-order valence-electron chi connectivity index (χ1n) is 9.07. The largest absolute Gasteiger partial charge is 0.356 e. The average molecular weight is 503 g/mol.